The fourth-order valence-corrected chi connectivity index (χ4v) is 2.94. The van der Waals surface area contributed by atoms with Gasteiger partial charge in [0.15, 0.2) is 0 Å². The molecule has 4 nitrogen and oxygen atoms in total. The van der Waals surface area contributed by atoms with E-state index in [1.54, 1.807) is 0 Å². The molecule has 6 heteroatoms. The Hall–Kier alpha value is -0.290. The Labute approximate surface area is 81.6 Å². The van der Waals surface area contributed by atoms with Crippen molar-refractivity contribution in [2.45, 2.75) is 24.5 Å². The van der Waals surface area contributed by atoms with Crippen molar-refractivity contribution in [3.05, 3.63) is 0 Å². The molecule has 76 valence electrons. The number of rotatable bonds is 2. The predicted octanol–water partition coefficient (Wildman–Crippen LogP) is 0.897. The molecule has 13 heavy (non-hydrogen) atoms. The summed E-state index contributed by atoms with van der Waals surface area (Å²) in [5.41, 5.74) is 0. The normalized spacial score (nSPS) is 28.8. The van der Waals surface area contributed by atoms with Gasteiger partial charge in [0.2, 0.25) is 9.05 Å². The summed E-state index contributed by atoms with van der Waals surface area (Å²) in [7, 11) is 2.96. The molecule has 0 amide bonds. The van der Waals surface area contributed by atoms with Crippen molar-refractivity contribution in [2.24, 2.45) is 5.92 Å². The van der Waals surface area contributed by atoms with Gasteiger partial charge < -0.3 is 4.74 Å². The van der Waals surface area contributed by atoms with E-state index >= 15 is 0 Å². The van der Waals surface area contributed by atoms with Crippen LogP contribution in [0.2, 0.25) is 0 Å². The molecule has 0 bridgehead atoms. The van der Waals surface area contributed by atoms with Crippen LogP contribution in [0.1, 0.15) is 19.3 Å². The van der Waals surface area contributed by atoms with Gasteiger partial charge in [-0.15, -0.1) is 0 Å². The molecule has 0 N–H and O–H groups in total. The fraction of sp³-hybridized carbons (Fsp3) is 0.857. The Morgan fingerprint density at radius 1 is 1.46 bits per heavy atom. The lowest BCUT2D eigenvalue weighted by Crippen LogP contribution is -2.16. The van der Waals surface area contributed by atoms with Gasteiger partial charge in [0.1, 0.15) is 0 Å². The first-order valence-corrected chi connectivity index (χ1v) is 6.33. The van der Waals surface area contributed by atoms with Crippen molar-refractivity contribution >= 4 is 25.7 Å². The smallest absolute Gasteiger partial charge is 0.308 e. The van der Waals surface area contributed by atoms with Gasteiger partial charge in [-0.2, -0.15) is 0 Å². The van der Waals surface area contributed by atoms with Gasteiger partial charge in [-0.3, -0.25) is 4.79 Å². The van der Waals surface area contributed by atoms with Crippen molar-refractivity contribution in [3.8, 4) is 0 Å². The SMILES string of the molecule is COC(=O)C1CCC(S(=O)(=O)Cl)C1. The zero-order valence-corrected chi connectivity index (χ0v) is 8.77. The zero-order chi connectivity index (χ0) is 10.1. The van der Waals surface area contributed by atoms with Gasteiger partial charge in [0, 0.05) is 10.7 Å². The van der Waals surface area contributed by atoms with E-state index in [9.17, 15) is 13.2 Å². The van der Waals surface area contributed by atoms with Crippen LogP contribution in [0.5, 0.6) is 0 Å². The van der Waals surface area contributed by atoms with Crippen LogP contribution in [0.25, 0.3) is 0 Å². The van der Waals surface area contributed by atoms with Crippen molar-refractivity contribution < 1.29 is 17.9 Å². The molecule has 0 spiro atoms. The van der Waals surface area contributed by atoms with Crippen LogP contribution >= 0.6 is 10.7 Å². The highest BCUT2D eigenvalue weighted by atomic mass is 35.7. The number of esters is 1. The minimum Gasteiger partial charge on any atom is -0.469 e. The molecule has 2 unspecified atom stereocenters. The Morgan fingerprint density at radius 3 is 2.46 bits per heavy atom. The lowest BCUT2D eigenvalue weighted by atomic mass is 10.1. The molecule has 0 saturated heterocycles. The van der Waals surface area contributed by atoms with E-state index < -0.39 is 14.3 Å². The van der Waals surface area contributed by atoms with Crippen LogP contribution < -0.4 is 0 Å². The Kier molecular flexibility index (Phi) is 3.18. The van der Waals surface area contributed by atoms with Crippen molar-refractivity contribution in [1.29, 1.82) is 0 Å². The number of carbonyl (C=O) groups excluding carboxylic acids is 1. The summed E-state index contributed by atoms with van der Waals surface area (Å²) in [6, 6.07) is 0. The van der Waals surface area contributed by atoms with Crippen molar-refractivity contribution in [1.82, 2.24) is 0 Å². The second-order valence-electron chi connectivity index (χ2n) is 3.13. The van der Waals surface area contributed by atoms with E-state index in [1.165, 1.54) is 7.11 Å². The topological polar surface area (TPSA) is 60.4 Å². The van der Waals surface area contributed by atoms with Gasteiger partial charge in [0.05, 0.1) is 18.3 Å². The zero-order valence-electron chi connectivity index (χ0n) is 7.20. The molecule has 0 aromatic heterocycles. The quantitative estimate of drug-likeness (QED) is 0.519. The maximum Gasteiger partial charge on any atom is 0.308 e. The molecule has 2 atom stereocenters. The van der Waals surface area contributed by atoms with Gasteiger partial charge >= 0.3 is 5.97 Å². The summed E-state index contributed by atoms with van der Waals surface area (Å²) in [4.78, 5) is 11.0. The second-order valence-corrected chi connectivity index (χ2v) is 6.04. The van der Waals surface area contributed by atoms with E-state index in [4.69, 9.17) is 10.7 Å². The summed E-state index contributed by atoms with van der Waals surface area (Å²) in [5, 5.41) is -0.585. The van der Waals surface area contributed by atoms with Crippen LogP contribution in [-0.4, -0.2) is 26.7 Å². The number of hydrogen-bond acceptors (Lipinski definition) is 4. The first-order chi connectivity index (χ1) is 5.95. The van der Waals surface area contributed by atoms with Crippen molar-refractivity contribution in [3.63, 3.8) is 0 Å². The molecule has 0 aromatic carbocycles. The minimum atomic E-state index is -3.51. The average Bonchev–Trinajstić information content (AvgIpc) is 2.50. The minimum absolute atomic E-state index is 0.290. The van der Waals surface area contributed by atoms with Gasteiger partial charge in [-0.25, -0.2) is 8.42 Å². The number of carbonyl (C=O) groups is 1. The maximum atomic E-state index is 11.0. The first-order valence-electron chi connectivity index (χ1n) is 3.96. The van der Waals surface area contributed by atoms with Gasteiger partial charge in [-0.05, 0) is 19.3 Å². The monoisotopic (exact) mass is 226 g/mol. The third kappa shape index (κ3) is 2.57. The number of ether oxygens (including phenoxy) is 1. The van der Waals surface area contributed by atoms with Crippen LogP contribution in [-0.2, 0) is 18.6 Å². The summed E-state index contributed by atoms with van der Waals surface area (Å²) in [5.74, 6) is -0.647. The first kappa shape index (κ1) is 10.8. The Bertz CT molecular complexity index is 298. The lowest BCUT2D eigenvalue weighted by molar-refractivity contribution is -0.145. The fourth-order valence-electron chi connectivity index (χ4n) is 1.58. The second kappa shape index (κ2) is 3.84. The van der Waals surface area contributed by atoms with E-state index in [1.807, 2.05) is 0 Å². The molecule has 0 aliphatic heterocycles. The summed E-state index contributed by atoms with van der Waals surface area (Å²) in [6.07, 6.45) is 1.29. The molecule has 1 aliphatic rings. The standard InChI is InChI=1S/C7H11ClO4S/c1-12-7(9)5-2-3-6(4-5)13(8,10)11/h5-6H,2-4H2,1H3. The van der Waals surface area contributed by atoms with Crippen LogP contribution in [0, 0.1) is 5.92 Å². The highest BCUT2D eigenvalue weighted by Gasteiger charge is 2.36. The third-order valence-electron chi connectivity index (χ3n) is 2.32. The summed E-state index contributed by atoms with van der Waals surface area (Å²) < 4.78 is 26.3. The Morgan fingerprint density at radius 2 is 2.08 bits per heavy atom. The van der Waals surface area contributed by atoms with E-state index in [0.717, 1.165) is 0 Å². The molecule has 0 heterocycles. The highest BCUT2D eigenvalue weighted by Crippen LogP contribution is 2.32. The Balaban J connectivity index is 2.60. The number of methoxy groups -OCH3 is 1. The summed E-state index contributed by atoms with van der Waals surface area (Å²) >= 11 is 0. The van der Waals surface area contributed by atoms with E-state index in [0.29, 0.717) is 19.3 Å². The predicted molar refractivity (Wildman–Crippen MR) is 47.9 cm³/mol. The van der Waals surface area contributed by atoms with Crippen LogP contribution in [0.4, 0.5) is 0 Å². The largest absolute Gasteiger partial charge is 0.469 e. The van der Waals surface area contributed by atoms with E-state index in [2.05, 4.69) is 4.74 Å². The van der Waals surface area contributed by atoms with Crippen molar-refractivity contribution in [2.75, 3.05) is 7.11 Å². The third-order valence-corrected chi connectivity index (χ3v) is 4.30. The maximum absolute atomic E-state index is 11.0. The van der Waals surface area contributed by atoms with Crippen LogP contribution in [0.15, 0.2) is 0 Å². The molecule has 1 saturated carbocycles. The molecule has 0 aromatic rings. The highest BCUT2D eigenvalue weighted by molar-refractivity contribution is 8.14. The van der Waals surface area contributed by atoms with E-state index in [-0.39, 0.29) is 11.9 Å². The number of halogens is 1. The average molecular weight is 227 g/mol. The summed E-state index contributed by atoms with van der Waals surface area (Å²) in [6.45, 7) is 0. The van der Waals surface area contributed by atoms with Crippen LogP contribution in [0.3, 0.4) is 0 Å². The van der Waals surface area contributed by atoms with Gasteiger partial charge in [-0.1, -0.05) is 0 Å². The lowest BCUT2D eigenvalue weighted by Gasteiger charge is -2.06. The van der Waals surface area contributed by atoms with Gasteiger partial charge in [0.25, 0.3) is 0 Å². The molecule has 1 rings (SSSR count). The molecule has 1 aliphatic carbocycles. The number of hydrogen-bond donors (Lipinski definition) is 0. The molecule has 0 radical (unpaired) electrons. The molecular weight excluding hydrogens is 216 g/mol. The molecular formula is C7H11ClO4S. The molecule has 1 fully saturated rings.